The first-order valence-electron chi connectivity index (χ1n) is 8.20. The van der Waals surface area contributed by atoms with Crippen molar-refractivity contribution in [3.63, 3.8) is 0 Å². The second-order valence-corrected chi connectivity index (χ2v) is 6.65. The molecule has 1 aromatic carbocycles. The fourth-order valence-corrected chi connectivity index (χ4v) is 3.07. The summed E-state index contributed by atoms with van der Waals surface area (Å²) in [6.07, 6.45) is 6.95. The van der Waals surface area contributed by atoms with Crippen molar-refractivity contribution in [1.29, 1.82) is 0 Å². The van der Waals surface area contributed by atoms with Gasteiger partial charge in [-0.15, -0.1) is 0 Å². The van der Waals surface area contributed by atoms with E-state index in [4.69, 9.17) is 15.6 Å². The zero-order valence-corrected chi connectivity index (χ0v) is 13.5. The molecule has 4 nitrogen and oxygen atoms in total. The summed E-state index contributed by atoms with van der Waals surface area (Å²) < 4.78 is 4.93. The Kier molecular flexibility index (Phi) is 5.59. The van der Waals surface area contributed by atoms with Crippen molar-refractivity contribution in [2.24, 2.45) is 17.6 Å². The molecular formula is C18H27NO3. The van der Waals surface area contributed by atoms with Crippen LogP contribution >= 0.6 is 0 Å². The lowest BCUT2D eigenvalue weighted by Gasteiger charge is -2.24. The fourth-order valence-electron chi connectivity index (χ4n) is 3.07. The summed E-state index contributed by atoms with van der Waals surface area (Å²) in [6, 6.07) is 9.08. The van der Waals surface area contributed by atoms with E-state index in [1.165, 1.54) is 32.1 Å². The number of aliphatic carboxylic acids is 1. The highest BCUT2D eigenvalue weighted by molar-refractivity contribution is 5.81. The molecule has 0 aromatic heterocycles. The maximum Gasteiger partial charge on any atom is 0.354 e. The van der Waals surface area contributed by atoms with E-state index in [9.17, 15) is 4.79 Å². The van der Waals surface area contributed by atoms with Gasteiger partial charge in [0.15, 0.2) is 0 Å². The lowest BCUT2D eigenvalue weighted by atomic mass is 9.82. The molecule has 2 aliphatic rings. The molecule has 1 aliphatic heterocycles. The van der Waals surface area contributed by atoms with E-state index >= 15 is 0 Å². The molecule has 2 fully saturated rings. The molecule has 0 spiro atoms. The topological polar surface area (TPSA) is 75.9 Å². The molecule has 1 saturated heterocycles. The van der Waals surface area contributed by atoms with Crippen LogP contribution in [0, 0.1) is 11.8 Å². The van der Waals surface area contributed by atoms with Gasteiger partial charge in [-0.1, -0.05) is 76.3 Å². The van der Waals surface area contributed by atoms with Crippen LogP contribution in [0.1, 0.15) is 57.6 Å². The number of benzene rings is 1. The molecule has 0 radical (unpaired) electrons. The SMILES string of the molecule is CC(C)C1CCCCC1.N[C@@]1(C(=O)O)O[C@@H]1c1ccccc1. The van der Waals surface area contributed by atoms with E-state index in [2.05, 4.69) is 13.8 Å². The molecule has 1 aliphatic carbocycles. The van der Waals surface area contributed by atoms with Gasteiger partial charge < -0.3 is 9.84 Å². The second kappa shape index (κ2) is 7.25. The standard InChI is InChI=1S/C9H9NO3.C9H18/c10-9(8(11)12)7(13-9)6-4-2-1-3-5-6;1-8(2)9-6-4-3-5-7-9/h1-5,7H,10H2,(H,11,12);8-9H,3-7H2,1-2H3/t7-,9-;/m1./s1. The molecule has 1 saturated carbocycles. The van der Waals surface area contributed by atoms with Gasteiger partial charge in [0, 0.05) is 0 Å². The van der Waals surface area contributed by atoms with Crippen molar-refractivity contribution >= 4 is 5.97 Å². The fraction of sp³-hybridized carbons (Fsp3) is 0.611. The predicted molar refractivity (Wildman–Crippen MR) is 86.2 cm³/mol. The smallest absolute Gasteiger partial charge is 0.354 e. The van der Waals surface area contributed by atoms with Gasteiger partial charge >= 0.3 is 5.97 Å². The number of rotatable bonds is 3. The summed E-state index contributed by atoms with van der Waals surface area (Å²) in [5.41, 5.74) is 4.73. The number of epoxide rings is 1. The van der Waals surface area contributed by atoms with E-state index in [0.717, 1.165) is 17.4 Å². The Morgan fingerprint density at radius 1 is 1.23 bits per heavy atom. The molecule has 4 heteroatoms. The zero-order valence-electron chi connectivity index (χ0n) is 13.5. The molecule has 3 rings (SSSR count). The van der Waals surface area contributed by atoms with Gasteiger partial charge in [-0.2, -0.15) is 0 Å². The van der Waals surface area contributed by atoms with Gasteiger partial charge in [0.1, 0.15) is 6.10 Å². The third-order valence-electron chi connectivity index (χ3n) is 4.67. The predicted octanol–water partition coefficient (Wildman–Crippen LogP) is 3.72. The van der Waals surface area contributed by atoms with E-state index in [1.807, 2.05) is 18.2 Å². The zero-order chi connectivity index (χ0) is 16.2. The Bertz CT molecular complexity index is 482. The monoisotopic (exact) mass is 305 g/mol. The summed E-state index contributed by atoms with van der Waals surface area (Å²) in [7, 11) is 0. The van der Waals surface area contributed by atoms with Gasteiger partial charge in [0.05, 0.1) is 0 Å². The summed E-state index contributed by atoms with van der Waals surface area (Å²) in [6.45, 7) is 4.71. The maximum atomic E-state index is 10.6. The minimum atomic E-state index is -1.51. The summed E-state index contributed by atoms with van der Waals surface area (Å²) in [5.74, 6) is 0.866. The highest BCUT2D eigenvalue weighted by Crippen LogP contribution is 2.45. The molecular weight excluding hydrogens is 278 g/mol. The number of carbonyl (C=O) groups is 1. The number of nitrogens with two attached hydrogens (primary N) is 1. The summed E-state index contributed by atoms with van der Waals surface area (Å²) >= 11 is 0. The van der Waals surface area contributed by atoms with Crippen LogP contribution < -0.4 is 5.73 Å². The largest absolute Gasteiger partial charge is 0.478 e. The molecule has 22 heavy (non-hydrogen) atoms. The molecule has 3 N–H and O–H groups in total. The molecule has 0 amide bonds. The van der Waals surface area contributed by atoms with Crippen molar-refractivity contribution in [2.75, 3.05) is 0 Å². The number of hydrogen-bond donors (Lipinski definition) is 2. The van der Waals surface area contributed by atoms with Crippen LogP contribution in [0.3, 0.4) is 0 Å². The van der Waals surface area contributed by atoms with Gasteiger partial charge in [0.25, 0.3) is 0 Å². The number of ether oxygens (including phenoxy) is 1. The van der Waals surface area contributed by atoms with Crippen molar-refractivity contribution in [1.82, 2.24) is 0 Å². The van der Waals surface area contributed by atoms with E-state index in [1.54, 1.807) is 12.1 Å². The van der Waals surface area contributed by atoms with Crippen LogP contribution in [-0.2, 0) is 9.53 Å². The number of carboxylic acid groups (broad SMARTS) is 1. The van der Waals surface area contributed by atoms with Crippen molar-refractivity contribution in [3.05, 3.63) is 35.9 Å². The van der Waals surface area contributed by atoms with Crippen LogP contribution in [0.2, 0.25) is 0 Å². The summed E-state index contributed by atoms with van der Waals surface area (Å²) in [5, 5.41) is 8.69. The number of carboxylic acids is 1. The Labute approximate surface area is 132 Å². The van der Waals surface area contributed by atoms with Gasteiger partial charge in [-0.25, -0.2) is 4.79 Å². The third-order valence-corrected chi connectivity index (χ3v) is 4.67. The van der Waals surface area contributed by atoms with Crippen LogP contribution in [0.5, 0.6) is 0 Å². The minimum Gasteiger partial charge on any atom is -0.478 e. The molecule has 0 bridgehead atoms. The van der Waals surface area contributed by atoms with Gasteiger partial charge in [-0.05, 0) is 17.4 Å². The highest BCUT2D eigenvalue weighted by atomic mass is 16.6. The number of hydrogen-bond acceptors (Lipinski definition) is 3. The Hall–Kier alpha value is -1.39. The first-order chi connectivity index (χ1) is 10.4. The lowest BCUT2D eigenvalue weighted by molar-refractivity contribution is -0.143. The van der Waals surface area contributed by atoms with Crippen molar-refractivity contribution < 1.29 is 14.6 Å². The molecule has 0 unspecified atom stereocenters. The molecule has 122 valence electrons. The molecule has 1 heterocycles. The Morgan fingerprint density at radius 2 is 1.82 bits per heavy atom. The third kappa shape index (κ3) is 4.08. The molecule has 2 atom stereocenters. The van der Waals surface area contributed by atoms with Crippen molar-refractivity contribution in [2.45, 2.75) is 57.8 Å². The second-order valence-electron chi connectivity index (χ2n) is 6.65. The lowest BCUT2D eigenvalue weighted by Crippen LogP contribution is -2.35. The first-order valence-corrected chi connectivity index (χ1v) is 8.20. The van der Waals surface area contributed by atoms with Crippen LogP contribution in [0.15, 0.2) is 30.3 Å². The van der Waals surface area contributed by atoms with E-state index in [-0.39, 0.29) is 0 Å². The van der Waals surface area contributed by atoms with Crippen LogP contribution in [0.4, 0.5) is 0 Å². The van der Waals surface area contributed by atoms with Crippen molar-refractivity contribution in [3.8, 4) is 0 Å². The Balaban J connectivity index is 0.000000172. The average molecular weight is 305 g/mol. The van der Waals surface area contributed by atoms with E-state index in [0.29, 0.717) is 0 Å². The Morgan fingerprint density at radius 3 is 2.23 bits per heavy atom. The van der Waals surface area contributed by atoms with E-state index < -0.39 is 17.8 Å². The average Bonchev–Trinajstić information content (AvgIpc) is 3.23. The van der Waals surface area contributed by atoms with Gasteiger partial charge in [-0.3, -0.25) is 5.73 Å². The van der Waals surface area contributed by atoms with Crippen LogP contribution in [0.25, 0.3) is 0 Å². The summed E-state index contributed by atoms with van der Waals surface area (Å²) in [4.78, 5) is 10.6. The normalized spacial score (nSPS) is 27.9. The quantitative estimate of drug-likeness (QED) is 0.834. The van der Waals surface area contributed by atoms with Crippen LogP contribution in [-0.4, -0.2) is 16.8 Å². The minimum absolute atomic E-state index is 0.508. The first kappa shape index (κ1) is 17.0. The van der Waals surface area contributed by atoms with Gasteiger partial charge in [0.2, 0.25) is 5.72 Å². The maximum absolute atomic E-state index is 10.6. The molecule has 1 aromatic rings. The highest BCUT2D eigenvalue weighted by Gasteiger charge is 2.61.